The van der Waals surface area contributed by atoms with Crippen molar-refractivity contribution in [3.63, 3.8) is 0 Å². The minimum Gasteiger partial charge on any atom is -0.377 e. The Morgan fingerprint density at radius 1 is 1.44 bits per heavy atom. The van der Waals surface area contributed by atoms with Gasteiger partial charge in [-0.15, -0.1) is 0 Å². The summed E-state index contributed by atoms with van der Waals surface area (Å²) in [6.45, 7) is 12.2. The first-order valence-electron chi connectivity index (χ1n) is 6.84. The molecule has 0 aliphatic carbocycles. The zero-order valence-electron chi connectivity index (χ0n) is 11.2. The molecule has 2 unspecified atom stereocenters. The molecule has 0 radical (unpaired) electrons. The molecule has 0 aromatic rings. The van der Waals surface area contributed by atoms with Gasteiger partial charge >= 0.3 is 0 Å². The molecule has 0 spiro atoms. The van der Waals surface area contributed by atoms with Gasteiger partial charge in [0, 0.05) is 19.2 Å². The second kappa shape index (κ2) is 8.04. The van der Waals surface area contributed by atoms with Gasteiger partial charge in [-0.25, -0.2) is 0 Å². The van der Waals surface area contributed by atoms with Gasteiger partial charge in [-0.3, -0.25) is 4.90 Å². The minimum atomic E-state index is 0.488. The van der Waals surface area contributed by atoms with E-state index in [0.29, 0.717) is 12.1 Å². The lowest BCUT2D eigenvalue weighted by Gasteiger charge is -2.30. The van der Waals surface area contributed by atoms with E-state index in [1.165, 1.54) is 19.3 Å². The first kappa shape index (κ1) is 13.9. The molecule has 2 atom stereocenters. The van der Waals surface area contributed by atoms with Crippen LogP contribution in [0.5, 0.6) is 0 Å². The Kier molecular flexibility index (Phi) is 7.01. The molecule has 1 heterocycles. The first-order valence-corrected chi connectivity index (χ1v) is 6.84. The summed E-state index contributed by atoms with van der Waals surface area (Å²) in [6, 6.07) is 0.660. The van der Waals surface area contributed by atoms with Crippen molar-refractivity contribution in [2.24, 2.45) is 0 Å². The summed E-state index contributed by atoms with van der Waals surface area (Å²) in [6.07, 6.45) is 4.21. The van der Waals surface area contributed by atoms with Crippen LogP contribution in [-0.4, -0.2) is 49.8 Å². The maximum Gasteiger partial charge on any atom is 0.0702 e. The molecular formula is C13H28N2O. The number of hydrogen-bond donors (Lipinski definition) is 1. The highest BCUT2D eigenvalue weighted by Gasteiger charge is 2.20. The van der Waals surface area contributed by atoms with Gasteiger partial charge in [0.25, 0.3) is 0 Å². The molecule has 0 aromatic carbocycles. The predicted molar refractivity (Wildman–Crippen MR) is 68.8 cm³/mol. The fraction of sp³-hybridized carbons (Fsp3) is 1.00. The molecule has 16 heavy (non-hydrogen) atoms. The van der Waals surface area contributed by atoms with Gasteiger partial charge in [0.1, 0.15) is 0 Å². The van der Waals surface area contributed by atoms with E-state index in [4.69, 9.17) is 4.74 Å². The molecule has 1 N–H and O–H groups in total. The molecule has 1 aliphatic rings. The molecule has 0 aromatic heterocycles. The predicted octanol–water partition coefficient (Wildman–Crippen LogP) is 1.88. The molecule has 3 nitrogen and oxygen atoms in total. The van der Waals surface area contributed by atoms with Crippen molar-refractivity contribution in [3.05, 3.63) is 0 Å². The molecule has 96 valence electrons. The Bertz CT molecular complexity index is 169. The highest BCUT2D eigenvalue weighted by Crippen LogP contribution is 2.15. The Hall–Kier alpha value is -0.120. The van der Waals surface area contributed by atoms with Gasteiger partial charge in [-0.05, 0) is 45.8 Å². The highest BCUT2D eigenvalue weighted by atomic mass is 16.5. The molecule has 1 saturated heterocycles. The van der Waals surface area contributed by atoms with Crippen molar-refractivity contribution in [2.45, 2.75) is 52.2 Å². The number of likely N-dealkylation sites (N-methyl/N-ethyl adjacent to an activating group) is 1. The van der Waals surface area contributed by atoms with Crippen LogP contribution in [0.2, 0.25) is 0 Å². The molecule has 3 heteroatoms. The zero-order valence-corrected chi connectivity index (χ0v) is 11.2. The van der Waals surface area contributed by atoms with E-state index in [1.807, 2.05) is 0 Å². The number of nitrogens with one attached hydrogen (secondary N) is 1. The lowest BCUT2D eigenvalue weighted by atomic mass is 10.1. The standard InChI is InChI=1S/C13H28N2O/c1-4-14-9-8-12(3)15(5-2)11-13-7-6-10-16-13/h12-14H,4-11H2,1-3H3. The third-order valence-corrected chi connectivity index (χ3v) is 3.48. The molecule has 1 aliphatic heterocycles. The first-order chi connectivity index (χ1) is 7.77. The molecular weight excluding hydrogens is 200 g/mol. The maximum atomic E-state index is 5.70. The van der Waals surface area contributed by atoms with Crippen LogP contribution in [0.1, 0.15) is 40.0 Å². The van der Waals surface area contributed by atoms with Gasteiger partial charge in [-0.1, -0.05) is 13.8 Å². The topological polar surface area (TPSA) is 24.5 Å². The third kappa shape index (κ3) is 4.81. The second-order valence-electron chi connectivity index (χ2n) is 4.71. The molecule has 0 bridgehead atoms. The van der Waals surface area contributed by atoms with Crippen LogP contribution in [0, 0.1) is 0 Å². The van der Waals surface area contributed by atoms with E-state index in [2.05, 4.69) is 31.0 Å². The van der Waals surface area contributed by atoms with Crippen LogP contribution in [0.4, 0.5) is 0 Å². The van der Waals surface area contributed by atoms with Gasteiger partial charge in [0.05, 0.1) is 6.10 Å². The molecule has 0 saturated carbocycles. The fourth-order valence-corrected chi connectivity index (χ4v) is 2.34. The second-order valence-corrected chi connectivity index (χ2v) is 4.71. The summed E-state index contributed by atoms with van der Waals surface area (Å²) < 4.78 is 5.70. The van der Waals surface area contributed by atoms with Crippen molar-refractivity contribution >= 4 is 0 Å². The van der Waals surface area contributed by atoms with Gasteiger partial charge < -0.3 is 10.1 Å². The van der Waals surface area contributed by atoms with Gasteiger partial charge in [0.2, 0.25) is 0 Å². The van der Waals surface area contributed by atoms with Crippen LogP contribution in [-0.2, 0) is 4.74 Å². The number of hydrogen-bond acceptors (Lipinski definition) is 3. The average molecular weight is 228 g/mol. The van der Waals surface area contributed by atoms with E-state index in [-0.39, 0.29) is 0 Å². The summed E-state index contributed by atoms with van der Waals surface area (Å²) in [7, 11) is 0. The Labute approximate surface area is 101 Å². The summed E-state index contributed by atoms with van der Waals surface area (Å²) in [4.78, 5) is 2.55. The highest BCUT2D eigenvalue weighted by molar-refractivity contribution is 4.74. The van der Waals surface area contributed by atoms with E-state index >= 15 is 0 Å². The molecule has 1 rings (SSSR count). The van der Waals surface area contributed by atoms with Crippen molar-refractivity contribution in [1.82, 2.24) is 10.2 Å². The maximum absolute atomic E-state index is 5.70. The minimum absolute atomic E-state index is 0.488. The van der Waals surface area contributed by atoms with E-state index < -0.39 is 0 Å². The number of nitrogens with zero attached hydrogens (tertiary/aromatic N) is 1. The Morgan fingerprint density at radius 3 is 2.81 bits per heavy atom. The summed E-state index contributed by atoms with van der Waals surface area (Å²) in [5, 5.41) is 3.39. The van der Waals surface area contributed by atoms with Crippen molar-refractivity contribution < 1.29 is 4.74 Å². The monoisotopic (exact) mass is 228 g/mol. The smallest absolute Gasteiger partial charge is 0.0702 e. The summed E-state index contributed by atoms with van der Waals surface area (Å²) in [5.74, 6) is 0. The summed E-state index contributed by atoms with van der Waals surface area (Å²) in [5.41, 5.74) is 0. The number of rotatable bonds is 8. The van der Waals surface area contributed by atoms with E-state index in [1.54, 1.807) is 0 Å². The Balaban J connectivity index is 2.22. The lowest BCUT2D eigenvalue weighted by molar-refractivity contribution is 0.0605. The van der Waals surface area contributed by atoms with Crippen LogP contribution in [0.25, 0.3) is 0 Å². The molecule has 1 fully saturated rings. The third-order valence-electron chi connectivity index (χ3n) is 3.48. The van der Waals surface area contributed by atoms with Gasteiger partial charge in [0.15, 0.2) is 0 Å². The number of ether oxygens (including phenoxy) is 1. The zero-order chi connectivity index (χ0) is 11.8. The summed E-state index contributed by atoms with van der Waals surface area (Å²) >= 11 is 0. The van der Waals surface area contributed by atoms with Crippen LogP contribution >= 0.6 is 0 Å². The SMILES string of the molecule is CCNCCC(C)N(CC)CC1CCCO1. The van der Waals surface area contributed by atoms with E-state index in [0.717, 1.165) is 32.8 Å². The Morgan fingerprint density at radius 2 is 2.25 bits per heavy atom. The normalized spacial score (nSPS) is 22.9. The lowest BCUT2D eigenvalue weighted by Crippen LogP contribution is -2.40. The average Bonchev–Trinajstić information content (AvgIpc) is 2.78. The van der Waals surface area contributed by atoms with Crippen molar-refractivity contribution in [1.29, 1.82) is 0 Å². The van der Waals surface area contributed by atoms with Gasteiger partial charge in [-0.2, -0.15) is 0 Å². The van der Waals surface area contributed by atoms with Crippen molar-refractivity contribution in [2.75, 3.05) is 32.8 Å². The van der Waals surface area contributed by atoms with Crippen LogP contribution in [0.3, 0.4) is 0 Å². The van der Waals surface area contributed by atoms with Crippen molar-refractivity contribution in [3.8, 4) is 0 Å². The quantitative estimate of drug-likeness (QED) is 0.642. The molecule has 0 amide bonds. The largest absolute Gasteiger partial charge is 0.377 e. The van der Waals surface area contributed by atoms with Crippen LogP contribution in [0.15, 0.2) is 0 Å². The fourth-order valence-electron chi connectivity index (χ4n) is 2.34. The van der Waals surface area contributed by atoms with Crippen LogP contribution < -0.4 is 5.32 Å². The van der Waals surface area contributed by atoms with E-state index in [9.17, 15) is 0 Å².